The number of likely N-dealkylation sites (tertiary alicyclic amines) is 1. The van der Waals surface area contributed by atoms with E-state index in [0.29, 0.717) is 6.42 Å². The normalized spacial score (nSPS) is 17.6. The van der Waals surface area contributed by atoms with E-state index in [1.54, 1.807) is 13.3 Å². The quantitative estimate of drug-likeness (QED) is 0.867. The van der Waals surface area contributed by atoms with Gasteiger partial charge in [0.25, 0.3) is 0 Å². The van der Waals surface area contributed by atoms with Gasteiger partial charge in [-0.05, 0) is 37.5 Å². The highest BCUT2D eigenvalue weighted by Gasteiger charge is 2.25. The highest BCUT2D eigenvalue weighted by molar-refractivity contribution is 5.79. The van der Waals surface area contributed by atoms with Crippen molar-refractivity contribution in [1.29, 1.82) is 0 Å². The van der Waals surface area contributed by atoms with Crippen molar-refractivity contribution in [3.8, 4) is 5.75 Å². The molecular formula is C19H23N3O2. The third-order valence-electron chi connectivity index (χ3n) is 4.48. The Morgan fingerprint density at radius 2 is 2.08 bits per heavy atom. The van der Waals surface area contributed by atoms with Crippen LogP contribution in [0.2, 0.25) is 0 Å². The second kappa shape index (κ2) is 7.43. The highest BCUT2D eigenvalue weighted by Crippen LogP contribution is 2.25. The molecule has 0 spiro atoms. The molecule has 1 aliphatic heterocycles. The summed E-state index contributed by atoms with van der Waals surface area (Å²) in [5.41, 5.74) is 2.93. The Morgan fingerprint density at radius 1 is 1.29 bits per heavy atom. The van der Waals surface area contributed by atoms with E-state index in [1.165, 1.54) is 0 Å². The Hall–Kier alpha value is -2.43. The van der Waals surface area contributed by atoms with Crippen molar-refractivity contribution in [3.63, 3.8) is 0 Å². The number of aromatic nitrogens is 2. The monoisotopic (exact) mass is 325 g/mol. The van der Waals surface area contributed by atoms with Crippen molar-refractivity contribution < 1.29 is 9.53 Å². The predicted octanol–water partition coefficient (Wildman–Crippen LogP) is 2.74. The maximum atomic E-state index is 12.6. The van der Waals surface area contributed by atoms with Crippen molar-refractivity contribution in [2.45, 2.75) is 32.1 Å². The molecule has 0 radical (unpaired) electrons. The van der Waals surface area contributed by atoms with Gasteiger partial charge in [0.2, 0.25) is 5.91 Å². The molecule has 1 aromatic heterocycles. The third-order valence-corrected chi connectivity index (χ3v) is 4.48. The lowest BCUT2D eigenvalue weighted by atomic mass is 9.94. The summed E-state index contributed by atoms with van der Waals surface area (Å²) < 4.78 is 5.15. The van der Waals surface area contributed by atoms with E-state index in [1.807, 2.05) is 42.3 Å². The molecule has 1 unspecified atom stereocenters. The van der Waals surface area contributed by atoms with E-state index in [9.17, 15) is 4.79 Å². The van der Waals surface area contributed by atoms with Crippen LogP contribution in [0, 0.1) is 6.92 Å². The van der Waals surface area contributed by atoms with Crippen molar-refractivity contribution in [3.05, 3.63) is 53.6 Å². The first-order valence-electron chi connectivity index (χ1n) is 8.35. The lowest BCUT2D eigenvalue weighted by Gasteiger charge is -2.32. The summed E-state index contributed by atoms with van der Waals surface area (Å²) in [5, 5.41) is 0. The lowest BCUT2D eigenvalue weighted by Crippen LogP contribution is -2.40. The summed E-state index contributed by atoms with van der Waals surface area (Å²) >= 11 is 0. The van der Waals surface area contributed by atoms with E-state index < -0.39 is 0 Å². The summed E-state index contributed by atoms with van der Waals surface area (Å²) in [6.07, 6.45) is 6.09. The fourth-order valence-corrected chi connectivity index (χ4v) is 3.15. The highest BCUT2D eigenvalue weighted by atomic mass is 16.5. The Labute approximate surface area is 142 Å². The fourth-order valence-electron chi connectivity index (χ4n) is 3.15. The van der Waals surface area contributed by atoms with Gasteiger partial charge < -0.3 is 9.64 Å². The van der Waals surface area contributed by atoms with E-state index in [4.69, 9.17) is 4.74 Å². The molecule has 1 aliphatic rings. The first kappa shape index (κ1) is 16.4. The molecule has 0 bridgehead atoms. The molecule has 5 nitrogen and oxygen atoms in total. The summed E-state index contributed by atoms with van der Waals surface area (Å²) in [7, 11) is 1.64. The number of aryl methyl sites for hydroxylation is 1. The van der Waals surface area contributed by atoms with E-state index in [-0.39, 0.29) is 11.8 Å². The molecule has 126 valence electrons. The standard InChI is InChI=1S/C19H23N3O2/c1-14-11-20-12-18(21-14)16-4-3-9-22(13-16)19(23)10-15-5-7-17(24-2)8-6-15/h5-8,11-12,16H,3-4,9-10,13H2,1-2H3. The first-order chi connectivity index (χ1) is 11.7. The van der Waals surface area contributed by atoms with E-state index >= 15 is 0 Å². The molecule has 2 aromatic rings. The molecule has 2 heterocycles. The maximum Gasteiger partial charge on any atom is 0.227 e. The van der Waals surface area contributed by atoms with Crippen LogP contribution in [0.25, 0.3) is 0 Å². The maximum absolute atomic E-state index is 12.6. The largest absolute Gasteiger partial charge is 0.497 e. The number of amides is 1. The molecular weight excluding hydrogens is 302 g/mol. The second-order valence-electron chi connectivity index (χ2n) is 6.29. The number of rotatable bonds is 4. The predicted molar refractivity (Wildman–Crippen MR) is 92.0 cm³/mol. The number of nitrogens with zero attached hydrogens (tertiary/aromatic N) is 3. The summed E-state index contributed by atoms with van der Waals surface area (Å²) in [4.78, 5) is 23.4. The molecule has 0 saturated carbocycles. The number of hydrogen-bond donors (Lipinski definition) is 0. The minimum absolute atomic E-state index is 0.172. The minimum atomic E-state index is 0.172. The van der Waals surface area contributed by atoms with Crippen LogP contribution >= 0.6 is 0 Å². The van der Waals surface area contributed by atoms with Crippen molar-refractivity contribution in [2.24, 2.45) is 0 Å². The number of hydrogen-bond acceptors (Lipinski definition) is 4. The lowest BCUT2D eigenvalue weighted by molar-refractivity contribution is -0.131. The smallest absolute Gasteiger partial charge is 0.227 e. The van der Waals surface area contributed by atoms with Gasteiger partial charge in [-0.3, -0.25) is 14.8 Å². The average molecular weight is 325 g/mol. The number of benzene rings is 1. The van der Waals surface area contributed by atoms with Crippen LogP contribution in [0.1, 0.15) is 35.7 Å². The van der Waals surface area contributed by atoms with Crippen molar-refractivity contribution in [2.75, 3.05) is 20.2 Å². The van der Waals surface area contributed by atoms with Gasteiger partial charge in [-0.15, -0.1) is 0 Å². The van der Waals surface area contributed by atoms with Gasteiger partial charge >= 0.3 is 0 Å². The summed E-state index contributed by atoms with van der Waals surface area (Å²) in [6.45, 7) is 3.50. The molecule has 0 N–H and O–H groups in total. The molecule has 1 fully saturated rings. The molecule has 1 amide bonds. The van der Waals surface area contributed by atoms with Crippen LogP contribution in [0.4, 0.5) is 0 Å². The average Bonchev–Trinajstić information content (AvgIpc) is 2.62. The summed E-state index contributed by atoms with van der Waals surface area (Å²) in [6, 6.07) is 7.68. The number of carbonyl (C=O) groups is 1. The van der Waals surface area contributed by atoms with Gasteiger partial charge in [-0.1, -0.05) is 12.1 Å². The zero-order valence-corrected chi connectivity index (χ0v) is 14.2. The van der Waals surface area contributed by atoms with Crippen LogP contribution < -0.4 is 4.74 Å². The van der Waals surface area contributed by atoms with Gasteiger partial charge in [0.15, 0.2) is 0 Å². The van der Waals surface area contributed by atoms with Gasteiger partial charge in [0.05, 0.1) is 24.9 Å². The molecule has 1 atom stereocenters. The van der Waals surface area contributed by atoms with Crippen molar-refractivity contribution in [1.82, 2.24) is 14.9 Å². The SMILES string of the molecule is COc1ccc(CC(=O)N2CCCC(c3cncc(C)n3)C2)cc1. The zero-order valence-electron chi connectivity index (χ0n) is 14.2. The molecule has 24 heavy (non-hydrogen) atoms. The Bertz CT molecular complexity index is 700. The summed E-state index contributed by atoms with van der Waals surface area (Å²) in [5.74, 6) is 1.26. The zero-order chi connectivity index (χ0) is 16.9. The number of carbonyl (C=O) groups excluding carboxylic acids is 1. The molecule has 0 aliphatic carbocycles. The van der Waals surface area contributed by atoms with Crippen LogP contribution in [0.15, 0.2) is 36.7 Å². The van der Waals surface area contributed by atoms with Crippen LogP contribution in [0.5, 0.6) is 5.75 Å². The topological polar surface area (TPSA) is 55.3 Å². The molecule has 5 heteroatoms. The van der Waals surface area contributed by atoms with Crippen LogP contribution in [-0.4, -0.2) is 41.0 Å². The van der Waals surface area contributed by atoms with Crippen LogP contribution in [-0.2, 0) is 11.2 Å². The van der Waals surface area contributed by atoms with Gasteiger partial charge in [0.1, 0.15) is 5.75 Å². The molecule has 1 saturated heterocycles. The second-order valence-corrected chi connectivity index (χ2v) is 6.29. The Balaban J connectivity index is 1.64. The first-order valence-corrected chi connectivity index (χ1v) is 8.35. The van der Waals surface area contributed by atoms with E-state index in [0.717, 1.165) is 48.6 Å². The number of ether oxygens (including phenoxy) is 1. The Morgan fingerprint density at radius 3 is 2.79 bits per heavy atom. The minimum Gasteiger partial charge on any atom is -0.497 e. The third kappa shape index (κ3) is 3.91. The van der Waals surface area contributed by atoms with Gasteiger partial charge in [0, 0.05) is 31.4 Å². The number of piperidine rings is 1. The fraction of sp³-hybridized carbons (Fsp3) is 0.421. The van der Waals surface area contributed by atoms with Gasteiger partial charge in [-0.25, -0.2) is 0 Å². The molecule has 3 rings (SSSR count). The molecule has 1 aromatic carbocycles. The van der Waals surface area contributed by atoms with Crippen LogP contribution in [0.3, 0.4) is 0 Å². The van der Waals surface area contributed by atoms with E-state index in [2.05, 4.69) is 9.97 Å². The Kier molecular flexibility index (Phi) is 5.08. The number of methoxy groups -OCH3 is 1. The van der Waals surface area contributed by atoms with Crippen molar-refractivity contribution >= 4 is 5.91 Å². The van der Waals surface area contributed by atoms with Gasteiger partial charge in [-0.2, -0.15) is 0 Å².